The lowest BCUT2D eigenvalue weighted by Gasteiger charge is -2.31. The Morgan fingerprint density at radius 1 is 1.04 bits per heavy atom. The molecule has 2 heterocycles. The fourth-order valence-corrected chi connectivity index (χ4v) is 3.59. The van der Waals surface area contributed by atoms with E-state index in [4.69, 9.17) is 0 Å². The summed E-state index contributed by atoms with van der Waals surface area (Å²) < 4.78 is 0. The maximum Gasteiger partial charge on any atom is 0.227 e. The lowest BCUT2D eigenvalue weighted by molar-refractivity contribution is -0.134. The Balaban J connectivity index is 1.51. The molecule has 0 aromatic heterocycles. The number of nitrogens with one attached hydrogen (secondary N) is 1. The topological polar surface area (TPSA) is 52.7 Å². The van der Waals surface area contributed by atoms with Crippen molar-refractivity contribution in [2.75, 3.05) is 36.4 Å². The van der Waals surface area contributed by atoms with E-state index >= 15 is 0 Å². The van der Waals surface area contributed by atoms with Crippen LogP contribution in [0.15, 0.2) is 24.3 Å². The summed E-state index contributed by atoms with van der Waals surface area (Å²) in [4.78, 5) is 28.4. The van der Waals surface area contributed by atoms with Crippen LogP contribution in [0.3, 0.4) is 0 Å². The van der Waals surface area contributed by atoms with Crippen molar-refractivity contribution in [3.8, 4) is 0 Å². The van der Waals surface area contributed by atoms with E-state index in [1.165, 1.54) is 18.5 Å². The first-order valence-electron chi connectivity index (χ1n) is 9.11. The minimum absolute atomic E-state index is 0.00386. The van der Waals surface area contributed by atoms with Gasteiger partial charge >= 0.3 is 0 Å². The van der Waals surface area contributed by atoms with Crippen molar-refractivity contribution in [2.45, 2.75) is 39.0 Å². The number of amides is 2. The molecule has 130 valence electrons. The Morgan fingerprint density at radius 3 is 2.25 bits per heavy atom. The van der Waals surface area contributed by atoms with Gasteiger partial charge in [-0.15, -0.1) is 0 Å². The molecule has 1 aromatic carbocycles. The first-order chi connectivity index (χ1) is 11.7. The Morgan fingerprint density at radius 2 is 1.67 bits per heavy atom. The second kappa shape index (κ2) is 7.69. The van der Waals surface area contributed by atoms with Gasteiger partial charge in [-0.2, -0.15) is 0 Å². The molecule has 5 nitrogen and oxygen atoms in total. The molecule has 0 unspecified atom stereocenters. The summed E-state index contributed by atoms with van der Waals surface area (Å²) >= 11 is 0. The Kier molecular flexibility index (Phi) is 5.38. The molecule has 2 aliphatic rings. The molecule has 0 aliphatic carbocycles. The average Bonchev–Trinajstić information content (AvgIpc) is 3.16. The van der Waals surface area contributed by atoms with E-state index in [2.05, 4.69) is 22.3 Å². The van der Waals surface area contributed by atoms with Crippen molar-refractivity contribution in [3.05, 3.63) is 24.3 Å². The number of piperidine rings is 1. The van der Waals surface area contributed by atoms with Gasteiger partial charge in [-0.1, -0.05) is 6.92 Å². The van der Waals surface area contributed by atoms with E-state index in [9.17, 15) is 9.59 Å². The number of nitrogens with zero attached hydrogens (tertiary/aromatic N) is 2. The van der Waals surface area contributed by atoms with E-state index in [-0.39, 0.29) is 17.7 Å². The standard InChI is InChI=1S/C19H27N3O2/c1-2-18(23)22-13-9-15(10-14-22)19(24)20-16-5-7-17(8-6-16)21-11-3-4-12-21/h5-8,15H,2-4,9-14H2,1H3,(H,20,24). The van der Waals surface area contributed by atoms with Gasteiger partial charge < -0.3 is 15.1 Å². The number of carbonyl (C=O) groups excluding carboxylic acids is 2. The van der Waals surface area contributed by atoms with Gasteiger partial charge in [0.15, 0.2) is 0 Å². The Bertz CT molecular complexity index is 571. The number of rotatable bonds is 4. The fraction of sp³-hybridized carbons (Fsp3) is 0.579. The second-order valence-corrected chi connectivity index (χ2v) is 6.74. The third-order valence-electron chi connectivity index (χ3n) is 5.13. The van der Waals surface area contributed by atoms with Crippen LogP contribution in [0.1, 0.15) is 39.0 Å². The van der Waals surface area contributed by atoms with E-state index in [1.807, 2.05) is 24.0 Å². The number of hydrogen-bond acceptors (Lipinski definition) is 3. The van der Waals surface area contributed by atoms with Gasteiger partial charge in [0.05, 0.1) is 0 Å². The molecule has 2 amide bonds. The molecule has 2 saturated heterocycles. The summed E-state index contributed by atoms with van der Waals surface area (Å²) in [5.41, 5.74) is 2.09. The van der Waals surface area contributed by atoms with Crippen molar-refractivity contribution >= 4 is 23.2 Å². The lowest BCUT2D eigenvalue weighted by Crippen LogP contribution is -2.41. The van der Waals surface area contributed by atoms with Crippen molar-refractivity contribution in [1.29, 1.82) is 0 Å². The zero-order valence-corrected chi connectivity index (χ0v) is 14.5. The summed E-state index contributed by atoms with van der Waals surface area (Å²) in [6, 6.07) is 8.15. The number of carbonyl (C=O) groups is 2. The largest absolute Gasteiger partial charge is 0.372 e. The third kappa shape index (κ3) is 3.89. The maximum atomic E-state index is 12.4. The molecule has 0 spiro atoms. The van der Waals surface area contributed by atoms with Crippen LogP contribution < -0.4 is 10.2 Å². The first-order valence-corrected chi connectivity index (χ1v) is 9.11. The molecule has 1 aromatic rings. The van der Waals surface area contributed by atoms with Gasteiger partial charge in [-0.25, -0.2) is 0 Å². The molecule has 0 radical (unpaired) electrons. The molecule has 3 rings (SSSR count). The fourth-order valence-electron chi connectivity index (χ4n) is 3.59. The van der Waals surface area contributed by atoms with Crippen LogP contribution in [0.5, 0.6) is 0 Å². The molecular weight excluding hydrogens is 302 g/mol. The van der Waals surface area contributed by atoms with Gasteiger partial charge in [-0.3, -0.25) is 9.59 Å². The minimum Gasteiger partial charge on any atom is -0.372 e. The SMILES string of the molecule is CCC(=O)N1CCC(C(=O)Nc2ccc(N3CCCC3)cc2)CC1. The van der Waals surface area contributed by atoms with Crippen LogP contribution in [0.25, 0.3) is 0 Å². The quantitative estimate of drug-likeness (QED) is 0.924. The van der Waals surface area contributed by atoms with Gasteiger partial charge in [0.25, 0.3) is 0 Å². The normalized spacial score (nSPS) is 18.7. The van der Waals surface area contributed by atoms with Gasteiger partial charge in [0.1, 0.15) is 0 Å². The highest BCUT2D eigenvalue weighted by molar-refractivity contribution is 5.93. The molecule has 0 bridgehead atoms. The maximum absolute atomic E-state index is 12.4. The number of hydrogen-bond donors (Lipinski definition) is 1. The van der Waals surface area contributed by atoms with Crippen molar-refractivity contribution < 1.29 is 9.59 Å². The minimum atomic E-state index is 0.00386. The third-order valence-corrected chi connectivity index (χ3v) is 5.13. The second-order valence-electron chi connectivity index (χ2n) is 6.74. The van der Waals surface area contributed by atoms with Crippen LogP contribution in [0.2, 0.25) is 0 Å². The zero-order chi connectivity index (χ0) is 16.9. The molecular formula is C19H27N3O2. The lowest BCUT2D eigenvalue weighted by atomic mass is 9.95. The van der Waals surface area contributed by atoms with Gasteiger partial charge in [-0.05, 0) is 49.9 Å². The molecule has 2 fully saturated rings. The van der Waals surface area contributed by atoms with E-state index in [0.29, 0.717) is 19.5 Å². The summed E-state index contributed by atoms with van der Waals surface area (Å²) in [7, 11) is 0. The van der Waals surface area contributed by atoms with Crippen molar-refractivity contribution in [1.82, 2.24) is 4.90 Å². The molecule has 0 atom stereocenters. The molecule has 5 heteroatoms. The van der Waals surface area contributed by atoms with Crippen molar-refractivity contribution in [2.24, 2.45) is 5.92 Å². The van der Waals surface area contributed by atoms with Crippen LogP contribution in [-0.2, 0) is 9.59 Å². The average molecular weight is 329 g/mol. The number of anilines is 2. The predicted octanol–water partition coefficient (Wildman–Crippen LogP) is 2.87. The number of benzene rings is 1. The Labute approximate surface area is 144 Å². The van der Waals surface area contributed by atoms with Crippen LogP contribution in [0.4, 0.5) is 11.4 Å². The van der Waals surface area contributed by atoms with E-state index < -0.39 is 0 Å². The highest BCUT2D eigenvalue weighted by Crippen LogP contribution is 2.24. The van der Waals surface area contributed by atoms with E-state index in [1.54, 1.807) is 0 Å². The van der Waals surface area contributed by atoms with Gasteiger partial charge in [0, 0.05) is 49.9 Å². The van der Waals surface area contributed by atoms with Crippen LogP contribution >= 0.6 is 0 Å². The molecule has 24 heavy (non-hydrogen) atoms. The predicted molar refractivity (Wildman–Crippen MR) is 96.1 cm³/mol. The highest BCUT2D eigenvalue weighted by Gasteiger charge is 2.26. The van der Waals surface area contributed by atoms with Crippen molar-refractivity contribution in [3.63, 3.8) is 0 Å². The smallest absolute Gasteiger partial charge is 0.227 e. The van der Waals surface area contributed by atoms with Crippen LogP contribution in [0, 0.1) is 5.92 Å². The van der Waals surface area contributed by atoms with Crippen LogP contribution in [-0.4, -0.2) is 42.9 Å². The molecule has 2 aliphatic heterocycles. The summed E-state index contributed by atoms with van der Waals surface area (Å²) in [5.74, 6) is 0.267. The highest BCUT2D eigenvalue weighted by atomic mass is 16.2. The summed E-state index contributed by atoms with van der Waals surface area (Å²) in [5, 5.41) is 3.03. The number of likely N-dealkylation sites (tertiary alicyclic amines) is 1. The van der Waals surface area contributed by atoms with E-state index in [0.717, 1.165) is 31.6 Å². The first kappa shape index (κ1) is 16.8. The monoisotopic (exact) mass is 329 g/mol. The Hall–Kier alpha value is -2.04. The summed E-state index contributed by atoms with van der Waals surface area (Å²) in [6.07, 6.45) is 4.57. The summed E-state index contributed by atoms with van der Waals surface area (Å²) in [6.45, 7) is 5.52. The zero-order valence-electron chi connectivity index (χ0n) is 14.5. The molecule has 0 saturated carbocycles. The van der Waals surface area contributed by atoms with Gasteiger partial charge in [0.2, 0.25) is 11.8 Å². The molecule has 1 N–H and O–H groups in total.